The van der Waals surface area contributed by atoms with Crippen molar-refractivity contribution in [2.75, 3.05) is 18.4 Å². The van der Waals surface area contributed by atoms with Crippen molar-refractivity contribution in [1.82, 2.24) is 19.8 Å². The second-order valence-corrected chi connectivity index (χ2v) is 12.9. The van der Waals surface area contributed by atoms with Crippen molar-refractivity contribution >= 4 is 28.8 Å². The molecule has 0 unspecified atom stereocenters. The van der Waals surface area contributed by atoms with Crippen LogP contribution in [-0.4, -0.2) is 45.4 Å². The molecule has 2 aliphatic rings. The molecule has 1 aliphatic heterocycles. The van der Waals surface area contributed by atoms with E-state index in [4.69, 9.17) is 4.98 Å². The summed E-state index contributed by atoms with van der Waals surface area (Å²) in [6.07, 6.45) is 5.48. The van der Waals surface area contributed by atoms with Crippen LogP contribution in [0.25, 0.3) is 11.0 Å². The Morgan fingerprint density at radius 3 is 2.40 bits per heavy atom. The first-order chi connectivity index (χ1) is 20.6. The number of nitrogens with zero attached hydrogens (tertiary/aromatic N) is 4. The molecule has 43 heavy (non-hydrogen) atoms. The highest BCUT2D eigenvalue weighted by molar-refractivity contribution is 6.04. The molecular formula is C34H43FN6O2. The van der Waals surface area contributed by atoms with Gasteiger partial charge in [-0.25, -0.2) is 9.37 Å². The Labute approximate surface area is 253 Å². The van der Waals surface area contributed by atoms with Crippen molar-refractivity contribution < 1.29 is 14.0 Å². The predicted octanol–water partition coefficient (Wildman–Crippen LogP) is 6.42. The number of carbonyl (C=O) groups is 2. The van der Waals surface area contributed by atoms with Gasteiger partial charge in [0.15, 0.2) is 0 Å². The fourth-order valence-corrected chi connectivity index (χ4v) is 6.69. The van der Waals surface area contributed by atoms with Crippen molar-refractivity contribution in [1.29, 1.82) is 5.26 Å². The highest BCUT2D eigenvalue weighted by Crippen LogP contribution is 2.37. The van der Waals surface area contributed by atoms with Crippen molar-refractivity contribution in [3.8, 4) is 6.07 Å². The van der Waals surface area contributed by atoms with E-state index >= 15 is 0 Å². The van der Waals surface area contributed by atoms with Gasteiger partial charge in [0.05, 0.1) is 22.7 Å². The van der Waals surface area contributed by atoms with Gasteiger partial charge in [0.1, 0.15) is 5.82 Å². The Morgan fingerprint density at radius 2 is 1.74 bits per heavy atom. The number of nitrogens with one attached hydrogen (secondary N) is 2. The van der Waals surface area contributed by atoms with E-state index in [1.165, 1.54) is 24.5 Å². The SMILES string of the molecule is CC(C)NC(=O)C1CCC(n2c(NC(=O)c3cc(F)cc(C#N)c3)nc3ccc(CN4CCC(C(C)C)CC4)cc32)CC1. The number of anilines is 1. The number of likely N-dealkylation sites (tertiary alicyclic amines) is 1. The standard InChI is InChI=1S/C34H43FN6O2/c1-21(2)25-11-13-40(14-12-25)20-23-5-10-30-31(17-23)41(29-8-6-26(7-9-29)32(42)37-22(3)4)34(38-30)39-33(43)27-15-24(19-36)16-28(35)18-27/h5,10,15-18,21-22,25-26,29H,6-9,11-14,20H2,1-4H3,(H,37,42)(H,38,39,43). The minimum atomic E-state index is -0.641. The summed E-state index contributed by atoms with van der Waals surface area (Å²) >= 11 is 0. The molecule has 1 aliphatic carbocycles. The molecule has 0 radical (unpaired) electrons. The van der Waals surface area contributed by atoms with E-state index < -0.39 is 11.7 Å². The van der Waals surface area contributed by atoms with Gasteiger partial charge in [-0.3, -0.25) is 19.8 Å². The Hall–Kier alpha value is -3.77. The normalized spacial score (nSPS) is 20.0. The lowest BCUT2D eigenvalue weighted by molar-refractivity contribution is -0.126. The van der Waals surface area contributed by atoms with Crippen LogP contribution in [-0.2, 0) is 11.3 Å². The average Bonchev–Trinajstić information content (AvgIpc) is 3.33. The largest absolute Gasteiger partial charge is 0.354 e. The first-order valence-corrected chi connectivity index (χ1v) is 15.7. The Kier molecular flexibility index (Phi) is 9.46. The summed E-state index contributed by atoms with van der Waals surface area (Å²) in [5.41, 5.74) is 3.06. The van der Waals surface area contributed by atoms with Crippen LogP contribution >= 0.6 is 0 Å². The zero-order chi connectivity index (χ0) is 30.7. The second kappa shape index (κ2) is 13.3. The minimum absolute atomic E-state index is 0.0347. The van der Waals surface area contributed by atoms with E-state index in [0.29, 0.717) is 11.9 Å². The number of halogens is 1. The molecule has 2 fully saturated rings. The molecule has 1 saturated carbocycles. The quantitative estimate of drug-likeness (QED) is 0.317. The van der Waals surface area contributed by atoms with Gasteiger partial charge in [-0.15, -0.1) is 0 Å². The van der Waals surface area contributed by atoms with Crippen LogP contribution < -0.4 is 10.6 Å². The van der Waals surface area contributed by atoms with E-state index in [0.717, 1.165) is 74.4 Å². The lowest BCUT2D eigenvalue weighted by atomic mass is 9.85. The Balaban J connectivity index is 1.42. The summed E-state index contributed by atoms with van der Waals surface area (Å²) < 4.78 is 16.2. The summed E-state index contributed by atoms with van der Waals surface area (Å²) in [6.45, 7) is 11.6. The molecule has 9 heteroatoms. The molecule has 0 bridgehead atoms. The van der Waals surface area contributed by atoms with Crippen molar-refractivity contribution in [3.63, 3.8) is 0 Å². The van der Waals surface area contributed by atoms with Gasteiger partial charge in [-0.05, 0) is 113 Å². The number of fused-ring (bicyclic) bond motifs is 1. The van der Waals surface area contributed by atoms with Gasteiger partial charge >= 0.3 is 0 Å². The van der Waals surface area contributed by atoms with Crippen molar-refractivity contribution in [3.05, 3.63) is 58.9 Å². The molecule has 228 valence electrons. The predicted molar refractivity (Wildman–Crippen MR) is 166 cm³/mol. The van der Waals surface area contributed by atoms with Crippen LogP contribution in [0, 0.1) is 34.9 Å². The maximum atomic E-state index is 14.1. The molecule has 1 saturated heterocycles. The number of carbonyl (C=O) groups excluding carboxylic acids is 2. The summed E-state index contributed by atoms with van der Waals surface area (Å²) in [7, 11) is 0. The third-order valence-corrected chi connectivity index (χ3v) is 9.11. The molecule has 8 nitrogen and oxygen atoms in total. The molecule has 3 aromatic rings. The summed E-state index contributed by atoms with van der Waals surface area (Å²) in [6, 6.07) is 12.0. The molecule has 1 aromatic heterocycles. The van der Waals surface area contributed by atoms with Gasteiger partial charge in [-0.2, -0.15) is 5.26 Å². The highest BCUT2D eigenvalue weighted by atomic mass is 19.1. The number of amides is 2. The third kappa shape index (κ3) is 7.24. The minimum Gasteiger partial charge on any atom is -0.354 e. The average molecular weight is 587 g/mol. The van der Waals surface area contributed by atoms with Crippen LogP contribution in [0.5, 0.6) is 0 Å². The first kappa shape index (κ1) is 30.7. The van der Waals surface area contributed by atoms with E-state index in [-0.39, 0.29) is 35.0 Å². The molecule has 2 heterocycles. The fraction of sp³-hybridized carbons (Fsp3) is 0.529. The smallest absolute Gasteiger partial charge is 0.258 e. The van der Waals surface area contributed by atoms with Gasteiger partial charge in [0.2, 0.25) is 11.9 Å². The summed E-state index contributed by atoms with van der Waals surface area (Å²) in [5, 5.41) is 15.2. The van der Waals surface area contributed by atoms with E-state index in [2.05, 4.69) is 46.1 Å². The number of piperidine rings is 1. The maximum absolute atomic E-state index is 14.1. The second-order valence-electron chi connectivity index (χ2n) is 12.9. The highest BCUT2D eigenvalue weighted by Gasteiger charge is 2.30. The molecule has 2 N–H and O–H groups in total. The molecule has 2 aromatic carbocycles. The van der Waals surface area contributed by atoms with E-state index in [9.17, 15) is 19.2 Å². The molecule has 5 rings (SSSR count). The number of benzene rings is 2. The number of hydrogen-bond acceptors (Lipinski definition) is 5. The molecular weight excluding hydrogens is 543 g/mol. The first-order valence-electron chi connectivity index (χ1n) is 15.7. The van der Waals surface area contributed by atoms with Gasteiger partial charge in [0.25, 0.3) is 5.91 Å². The topological polar surface area (TPSA) is 103 Å². The number of rotatable bonds is 8. The van der Waals surface area contributed by atoms with Crippen LogP contribution in [0.3, 0.4) is 0 Å². The van der Waals surface area contributed by atoms with Crippen molar-refractivity contribution in [2.45, 2.75) is 84.8 Å². The zero-order valence-electron chi connectivity index (χ0n) is 25.7. The third-order valence-electron chi connectivity index (χ3n) is 9.11. The number of nitriles is 1. The number of hydrogen-bond donors (Lipinski definition) is 2. The van der Waals surface area contributed by atoms with Crippen LogP contribution in [0.4, 0.5) is 10.3 Å². The molecule has 0 spiro atoms. The van der Waals surface area contributed by atoms with Gasteiger partial charge in [-0.1, -0.05) is 19.9 Å². The van der Waals surface area contributed by atoms with Crippen LogP contribution in [0.2, 0.25) is 0 Å². The van der Waals surface area contributed by atoms with Crippen LogP contribution in [0.15, 0.2) is 36.4 Å². The lowest BCUT2D eigenvalue weighted by Gasteiger charge is -2.34. The van der Waals surface area contributed by atoms with E-state index in [1.807, 2.05) is 26.0 Å². The van der Waals surface area contributed by atoms with Gasteiger partial charge < -0.3 is 9.88 Å². The number of imidazole rings is 1. The lowest BCUT2D eigenvalue weighted by Crippen LogP contribution is -2.37. The fourth-order valence-electron chi connectivity index (χ4n) is 6.69. The van der Waals surface area contributed by atoms with Crippen LogP contribution in [0.1, 0.15) is 93.7 Å². The number of aromatic nitrogens is 2. The van der Waals surface area contributed by atoms with Crippen molar-refractivity contribution in [2.24, 2.45) is 17.8 Å². The molecule has 0 atom stereocenters. The summed E-state index contributed by atoms with van der Waals surface area (Å²) in [4.78, 5) is 33.3. The van der Waals surface area contributed by atoms with E-state index in [1.54, 1.807) is 0 Å². The monoisotopic (exact) mass is 586 g/mol. The Bertz CT molecular complexity index is 1510. The maximum Gasteiger partial charge on any atom is 0.258 e. The zero-order valence-corrected chi connectivity index (χ0v) is 25.7. The summed E-state index contributed by atoms with van der Waals surface area (Å²) in [5.74, 6) is 0.794. The van der Waals surface area contributed by atoms with Gasteiger partial charge in [0, 0.05) is 30.1 Å². The Morgan fingerprint density at radius 1 is 1.02 bits per heavy atom. The molecule has 2 amide bonds.